The average molecular weight is 306 g/mol. The van der Waals surface area contributed by atoms with Crippen molar-refractivity contribution in [1.82, 2.24) is 4.90 Å². The molecule has 2 N–H and O–H groups in total. The van der Waals surface area contributed by atoms with Crippen molar-refractivity contribution in [2.24, 2.45) is 17.6 Å². The predicted octanol–water partition coefficient (Wildman–Crippen LogP) is 3.09. The second-order valence-corrected chi connectivity index (χ2v) is 6.30. The highest BCUT2D eigenvalue weighted by Crippen LogP contribution is 2.43. The van der Waals surface area contributed by atoms with Gasteiger partial charge in [-0.15, -0.1) is 0 Å². The van der Waals surface area contributed by atoms with Crippen LogP contribution in [0.4, 0.5) is 13.2 Å². The fourth-order valence-electron chi connectivity index (χ4n) is 3.81. The van der Waals surface area contributed by atoms with Crippen molar-refractivity contribution in [2.75, 3.05) is 13.1 Å². The predicted molar refractivity (Wildman–Crippen MR) is 74.5 cm³/mol. The quantitative estimate of drug-likeness (QED) is 0.867. The molecule has 0 aromatic carbocycles. The largest absolute Gasteiger partial charge is 0.392 e. The maximum absolute atomic E-state index is 13.2. The molecule has 6 heteroatoms. The topological polar surface area (TPSA) is 46.3 Å². The molecule has 1 saturated carbocycles. The lowest BCUT2D eigenvalue weighted by molar-refractivity contribution is -0.201. The molecule has 1 saturated heterocycles. The van der Waals surface area contributed by atoms with Crippen LogP contribution < -0.4 is 5.73 Å². The Bertz CT molecular complexity index is 359. The van der Waals surface area contributed by atoms with Crippen LogP contribution in [0.5, 0.6) is 0 Å². The third kappa shape index (κ3) is 3.90. The van der Waals surface area contributed by atoms with E-state index >= 15 is 0 Å². The van der Waals surface area contributed by atoms with Crippen molar-refractivity contribution in [3.63, 3.8) is 0 Å². The normalized spacial score (nSPS) is 30.7. The molecule has 3 nitrogen and oxygen atoms in total. The maximum Gasteiger partial charge on any atom is 0.392 e. The molecule has 2 fully saturated rings. The smallest absolute Gasteiger partial charge is 0.339 e. The van der Waals surface area contributed by atoms with E-state index in [2.05, 4.69) is 0 Å². The second-order valence-electron chi connectivity index (χ2n) is 6.30. The van der Waals surface area contributed by atoms with Crippen molar-refractivity contribution in [3.8, 4) is 0 Å². The lowest BCUT2D eigenvalue weighted by Gasteiger charge is -2.36. The van der Waals surface area contributed by atoms with Gasteiger partial charge in [-0.25, -0.2) is 0 Å². The Hall–Kier alpha value is -0.780. The Morgan fingerprint density at radius 2 is 1.86 bits per heavy atom. The minimum Gasteiger partial charge on any atom is -0.339 e. The Labute approximate surface area is 124 Å². The van der Waals surface area contributed by atoms with Gasteiger partial charge in [0.05, 0.1) is 5.92 Å². The summed E-state index contributed by atoms with van der Waals surface area (Å²) in [6.07, 6.45) is 0.944. The number of alkyl halides is 3. The van der Waals surface area contributed by atoms with Crippen LogP contribution in [0.3, 0.4) is 0 Å². The number of amides is 1. The highest BCUT2D eigenvalue weighted by atomic mass is 19.4. The lowest BCUT2D eigenvalue weighted by Crippen LogP contribution is -2.46. The van der Waals surface area contributed by atoms with Crippen molar-refractivity contribution in [1.29, 1.82) is 0 Å². The van der Waals surface area contributed by atoms with Gasteiger partial charge in [0.15, 0.2) is 0 Å². The Morgan fingerprint density at radius 1 is 1.14 bits per heavy atom. The van der Waals surface area contributed by atoms with Gasteiger partial charge in [0.25, 0.3) is 0 Å². The molecule has 2 rings (SSSR count). The number of halogens is 3. The van der Waals surface area contributed by atoms with Crippen LogP contribution in [0.15, 0.2) is 0 Å². The number of carbonyl (C=O) groups excluding carboxylic acids is 1. The molecular weight excluding hydrogens is 281 g/mol. The first-order valence-corrected chi connectivity index (χ1v) is 8.02. The van der Waals surface area contributed by atoms with Crippen LogP contribution in [-0.2, 0) is 4.79 Å². The number of likely N-dealkylation sites (tertiary alicyclic amines) is 1. The minimum absolute atomic E-state index is 0.0943. The molecule has 2 aliphatic rings. The van der Waals surface area contributed by atoms with Crippen LogP contribution in [0.2, 0.25) is 0 Å². The molecule has 3 atom stereocenters. The van der Waals surface area contributed by atoms with Gasteiger partial charge in [-0.2, -0.15) is 13.2 Å². The third-order valence-corrected chi connectivity index (χ3v) is 4.91. The van der Waals surface area contributed by atoms with Crippen LogP contribution in [-0.4, -0.2) is 36.1 Å². The molecular formula is C15H25F3N2O. The van der Waals surface area contributed by atoms with Gasteiger partial charge in [0.1, 0.15) is 0 Å². The van der Waals surface area contributed by atoms with Crippen molar-refractivity contribution in [3.05, 3.63) is 0 Å². The van der Waals surface area contributed by atoms with Crippen LogP contribution in [0.25, 0.3) is 0 Å². The third-order valence-electron chi connectivity index (χ3n) is 4.91. The van der Waals surface area contributed by atoms with Crippen LogP contribution in [0, 0.1) is 11.8 Å². The fourth-order valence-corrected chi connectivity index (χ4v) is 3.81. The zero-order chi connectivity index (χ0) is 15.5. The number of nitrogens with two attached hydrogens (primary N) is 1. The molecule has 1 amide bonds. The van der Waals surface area contributed by atoms with Gasteiger partial charge in [-0.3, -0.25) is 4.79 Å². The highest BCUT2D eigenvalue weighted by Gasteiger charge is 2.49. The summed E-state index contributed by atoms with van der Waals surface area (Å²) < 4.78 is 39.5. The Morgan fingerprint density at radius 3 is 2.52 bits per heavy atom. The van der Waals surface area contributed by atoms with Gasteiger partial charge in [0, 0.05) is 18.5 Å². The summed E-state index contributed by atoms with van der Waals surface area (Å²) in [6.45, 7) is 1.17. The molecule has 0 spiro atoms. The first-order valence-electron chi connectivity index (χ1n) is 8.02. The van der Waals surface area contributed by atoms with Gasteiger partial charge in [0.2, 0.25) is 5.91 Å². The SMILES string of the molecule is NCCCC1CCCN1C(=O)C1CCCCC1C(F)(F)F. The number of nitrogens with zero attached hydrogens (tertiary/aromatic N) is 1. The summed E-state index contributed by atoms with van der Waals surface area (Å²) in [4.78, 5) is 14.3. The summed E-state index contributed by atoms with van der Waals surface area (Å²) in [6, 6.07) is 0.0943. The van der Waals surface area contributed by atoms with Gasteiger partial charge < -0.3 is 10.6 Å². The lowest BCUT2D eigenvalue weighted by atomic mass is 9.78. The van der Waals surface area contributed by atoms with E-state index in [1.807, 2.05) is 0 Å². The van der Waals surface area contributed by atoms with E-state index in [1.165, 1.54) is 0 Å². The van der Waals surface area contributed by atoms with E-state index in [0.29, 0.717) is 25.9 Å². The first-order chi connectivity index (χ1) is 9.95. The van der Waals surface area contributed by atoms with Crippen LogP contribution >= 0.6 is 0 Å². The minimum atomic E-state index is -4.26. The zero-order valence-corrected chi connectivity index (χ0v) is 12.4. The molecule has 3 unspecified atom stereocenters. The van der Waals surface area contributed by atoms with Gasteiger partial charge >= 0.3 is 6.18 Å². The van der Waals surface area contributed by atoms with E-state index in [4.69, 9.17) is 5.73 Å². The van der Waals surface area contributed by atoms with Crippen molar-refractivity contribution in [2.45, 2.75) is 63.6 Å². The van der Waals surface area contributed by atoms with E-state index in [-0.39, 0.29) is 18.4 Å². The Balaban J connectivity index is 2.06. The van der Waals surface area contributed by atoms with E-state index in [0.717, 1.165) is 32.1 Å². The average Bonchev–Trinajstić information content (AvgIpc) is 2.91. The molecule has 21 heavy (non-hydrogen) atoms. The summed E-state index contributed by atoms with van der Waals surface area (Å²) in [5.41, 5.74) is 5.50. The fraction of sp³-hybridized carbons (Fsp3) is 0.933. The molecule has 0 bridgehead atoms. The van der Waals surface area contributed by atoms with E-state index in [9.17, 15) is 18.0 Å². The number of hydrogen-bond acceptors (Lipinski definition) is 2. The summed E-state index contributed by atoms with van der Waals surface area (Å²) in [5, 5.41) is 0. The number of rotatable bonds is 4. The van der Waals surface area contributed by atoms with Gasteiger partial charge in [-0.1, -0.05) is 12.8 Å². The molecule has 1 aliphatic heterocycles. The first kappa shape index (κ1) is 16.6. The summed E-state index contributed by atoms with van der Waals surface area (Å²) >= 11 is 0. The maximum atomic E-state index is 13.2. The molecule has 0 aromatic rings. The van der Waals surface area contributed by atoms with Crippen molar-refractivity contribution >= 4 is 5.91 Å². The molecule has 0 radical (unpaired) electrons. The zero-order valence-electron chi connectivity index (χ0n) is 12.4. The molecule has 0 aromatic heterocycles. The standard InChI is InChI=1S/C15H25F3N2O/c16-15(17,18)13-8-2-1-7-12(13)14(21)20-10-4-6-11(20)5-3-9-19/h11-13H,1-10,19H2. The summed E-state index contributed by atoms with van der Waals surface area (Å²) in [7, 11) is 0. The molecule has 122 valence electrons. The van der Waals surface area contributed by atoms with E-state index < -0.39 is 18.0 Å². The summed E-state index contributed by atoms with van der Waals surface area (Å²) in [5.74, 6) is -2.58. The van der Waals surface area contributed by atoms with E-state index in [1.54, 1.807) is 4.90 Å². The van der Waals surface area contributed by atoms with Gasteiger partial charge in [-0.05, 0) is 45.1 Å². The van der Waals surface area contributed by atoms with Crippen molar-refractivity contribution < 1.29 is 18.0 Å². The number of carbonyl (C=O) groups is 1. The van der Waals surface area contributed by atoms with Crippen LogP contribution in [0.1, 0.15) is 51.4 Å². The highest BCUT2D eigenvalue weighted by molar-refractivity contribution is 5.80. The Kier molecular flexibility index (Phi) is 5.52. The number of hydrogen-bond donors (Lipinski definition) is 1. The molecule has 1 aliphatic carbocycles. The molecule has 1 heterocycles. The monoisotopic (exact) mass is 306 g/mol. The second kappa shape index (κ2) is 6.99.